The first-order chi connectivity index (χ1) is 25.7. The molecule has 7 heteroatoms. The first kappa shape index (κ1) is 53.7. The van der Waals surface area contributed by atoms with Gasteiger partial charge in [0.25, 0.3) is 10.1 Å². The van der Waals surface area contributed by atoms with Crippen LogP contribution in [0.1, 0.15) is 232 Å². The first-order valence-corrected chi connectivity index (χ1v) is 35.1. The zero-order valence-electron chi connectivity index (χ0n) is 36.4. The van der Waals surface area contributed by atoms with Gasteiger partial charge in [-0.15, -0.1) is 0 Å². The molecule has 0 aromatic heterocycles. The minimum absolute atomic E-state index is 0.132. The SMILES string of the molecule is CCCCCCCCCCCCc1cccc(S(=O)(=O)O)c1CCCCCCCCCCCC.CCC[CH2][Sn][O][Sn]([CH2]CCC)([CH2]CCC)[CH2]CCC. The molecule has 0 fully saturated rings. The van der Waals surface area contributed by atoms with Crippen molar-refractivity contribution < 1.29 is 14.4 Å². The molecular formula is C46H90O4SSn2. The summed E-state index contributed by atoms with van der Waals surface area (Å²) in [6.45, 7) is 13.8. The molecule has 0 unspecified atom stereocenters. The normalized spacial score (nSPS) is 11.9. The van der Waals surface area contributed by atoms with Crippen molar-refractivity contribution in [3.05, 3.63) is 29.3 Å². The van der Waals surface area contributed by atoms with E-state index < -0.39 is 50.5 Å². The van der Waals surface area contributed by atoms with E-state index in [1.165, 1.54) is 178 Å². The summed E-state index contributed by atoms with van der Waals surface area (Å²) in [5, 5.41) is 0. The average Bonchev–Trinajstić information content (AvgIpc) is 3.15. The van der Waals surface area contributed by atoms with Crippen LogP contribution >= 0.6 is 0 Å². The molecule has 0 aliphatic carbocycles. The quantitative estimate of drug-likeness (QED) is 0.0410. The van der Waals surface area contributed by atoms with Gasteiger partial charge in [0.15, 0.2) is 0 Å². The predicted molar refractivity (Wildman–Crippen MR) is 239 cm³/mol. The fourth-order valence-corrected chi connectivity index (χ4v) is 36.1. The summed E-state index contributed by atoms with van der Waals surface area (Å²) in [5.74, 6) is 0. The van der Waals surface area contributed by atoms with Crippen molar-refractivity contribution in [1.29, 1.82) is 0 Å². The first-order valence-electron chi connectivity index (χ1n) is 23.2. The second-order valence-electron chi connectivity index (χ2n) is 16.1. The van der Waals surface area contributed by atoms with Gasteiger partial charge < -0.3 is 0 Å². The average molecular weight is 977 g/mol. The summed E-state index contributed by atoms with van der Waals surface area (Å²) < 4.78 is 46.6. The Hall–Kier alpha value is 0.687. The van der Waals surface area contributed by atoms with Crippen LogP contribution in [-0.2, 0) is 24.4 Å². The molecule has 2 radical (unpaired) electrons. The van der Waals surface area contributed by atoms with Gasteiger partial charge in [0.1, 0.15) is 0 Å². The maximum absolute atomic E-state index is 12.0. The maximum atomic E-state index is 12.0. The zero-order chi connectivity index (χ0) is 39.3. The van der Waals surface area contributed by atoms with E-state index in [2.05, 4.69) is 47.6 Å². The summed E-state index contributed by atoms with van der Waals surface area (Å²) in [6, 6.07) is 5.42. The van der Waals surface area contributed by atoms with Gasteiger partial charge >= 0.3 is 139 Å². The van der Waals surface area contributed by atoms with Crippen LogP contribution in [0.5, 0.6) is 0 Å². The van der Waals surface area contributed by atoms with Crippen molar-refractivity contribution in [1.82, 2.24) is 0 Å². The van der Waals surface area contributed by atoms with E-state index in [0.29, 0.717) is 0 Å². The van der Waals surface area contributed by atoms with Crippen molar-refractivity contribution in [2.75, 3.05) is 0 Å². The van der Waals surface area contributed by atoms with Crippen LogP contribution < -0.4 is 0 Å². The Morgan fingerprint density at radius 2 is 0.887 bits per heavy atom. The van der Waals surface area contributed by atoms with Gasteiger partial charge in [-0.2, -0.15) is 8.42 Å². The molecule has 0 saturated heterocycles. The third-order valence-electron chi connectivity index (χ3n) is 11.0. The second kappa shape index (κ2) is 38.2. The number of hydrogen-bond acceptors (Lipinski definition) is 3. The second-order valence-corrected chi connectivity index (χ2v) is 35.2. The van der Waals surface area contributed by atoms with E-state index in [9.17, 15) is 13.0 Å². The number of hydrogen-bond donors (Lipinski definition) is 1. The van der Waals surface area contributed by atoms with Gasteiger partial charge in [0.05, 0.1) is 4.90 Å². The predicted octanol–water partition coefficient (Wildman–Crippen LogP) is 16.0. The Kier molecular flexibility index (Phi) is 38.7. The summed E-state index contributed by atoms with van der Waals surface area (Å²) in [4.78, 5) is 0.132. The molecule has 1 aromatic carbocycles. The van der Waals surface area contributed by atoms with Crippen LogP contribution in [0.25, 0.3) is 0 Å². The third kappa shape index (κ3) is 30.4. The molecule has 4 nitrogen and oxygen atoms in total. The van der Waals surface area contributed by atoms with E-state index in [0.717, 1.165) is 43.2 Å². The van der Waals surface area contributed by atoms with Crippen LogP contribution in [0.3, 0.4) is 0 Å². The van der Waals surface area contributed by atoms with Gasteiger partial charge in [0, 0.05) is 0 Å². The van der Waals surface area contributed by atoms with Crippen LogP contribution in [0.4, 0.5) is 0 Å². The topological polar surface area (TPSA) is 63.6 Å². The Morgan fingerprint density at radius 3 is 1.28 bits per heavy atom. The van der Waals surface area contributed by atoms with Crippen molar-refractivity contribution in [3.63, 3.8) is 0 Å². The van der Waals surface area contributed by atoms with Crippen LogP contribution in [-0.4, -0.2) is 53.3 Å². The molecule has 1 rings (SSSR count). The summed E-state index contributed by atoms with van der Waals surface area (Å²) in [6.07, 6.45) is 38.5. The van der Waals surface area contributed by atoms with Gasteiger partial charge in [0.2, 0.25) is 0 Å². The number of aryl methyl sites for hydroxylation is 1. The summed E-state index contributed by atoms with van der Waals surface area (Å²) in [7, 11) is -4.17. The Labute approximate surface area is 348 Å². The molecule has 0 aliphatic rings. The van der Waals surface area contributed by atoms with Crippen molar-refractivity contribution in [3.8, 4) is 0 Å². The fraction of sp³-hybridized carbons (Fsp3) is 0.870. The van der Waals surface area contributed by atoms with Crippen molar-refractivity contribution in [2.45, 2.75) is 257 Å². The number of unbranched alkanes of at least 4 members (excludes halogenated alkanes) is 22. The molecule has 1 aromatic rings. The third-order valence-corrected chi connectivity index (χ3v) is 37.0. The van der Waals surface area contributed by atoms with Crippen LogP contribution in [0, 0.1) is 0 Å². The summed E-state index contributed by atoms with van der Waals surface area (Å²) in [5.41, 5.74) is 1.98. The zero-order valence-corrected chi connectivity index (χ0v) is 42.9. The molecule has 0 aliphatic heterocycles. The molecule has 0 atom stereocenters. The Bertz CT molecular complexity index is 1010. The van der Waals surface area contributed by atoms with Gasteiger partial charge in [-0.25, -0.2) is 0 Å². The standard InChI is InChI=1S/C30H54O3S.4C4H9.O.2Sn/c1-3-5-7-9-11-13-15-17-19-21-24-28-25-23-27-30(34(31,32)33)29(28)26-22-20-18-16-14-12-10-8-6-4-2;4*1-3-4-2;;;/h23,25,27H,3-22,24,26H2,1-2H3,(H,31,32,33);4*1,3-4H2,2H3;;;. The fourth-order valence-electron chi connectivity index (χ4n) is 7.44. The summed E-state index contributed by atoms with van der Waals surface area (Å²) >= 11 is -2.64. The van der Waals surface area contributed by atoms with Crippen LogP contribution in [0.2, 0.25) is 17.7 Å². The number of rotatable bonds is 37. The van der Waals surface area contributed by atoms with E-state index in [1.54, 1.807) is 12.1 Å². The van der Waals surface area contributed by atoms with E-state index in [-0.39, 0.29) is 4.90 Å². The molecule has 53 heavy (non-hydrogen) atoms. The van der Waals surface area contributed by atoms with Crippen LogP contribution in [0.15, 0.2) is 23.1 Å². The van der Waals surface area contributed by atoms with E-state index in [1.807, 2.05) is 0 Å². The monoisotopic (exact) mass is 978 g/mol. The number of benzene rings is 1. The molecule has 0 heterocycles. The molecule has 0 bridgehead atoms. The minimum atomic E-state index is -4.17. The Morgan fingerprint density at radius 1 is 0.509 bits per heavy atom. The van der Waals surface area contributed by atoms with E-state index >= 15 is 0 Å². The molecule has 0 spiro atoms. The van der Waals surface area contributed by atoms with Gasteiger partial charge in [-0.1, -0.05) is 142 Å². The molecular weight excluding hydrogens is 886 g/mol. The van der Waals surface area contributed by atoms with Crippen molar-refractivity contribution in [2.24, 2.45) is 0 Å². The molecule has 0 saturated carbocycles. The van der Waals surface area contributed by atoms with Gasteiger partial charge in [-0.3, -0.25) is 4.55 Å². The van der Waals surface area contributed by atoms with Gasteiger partial charge in [-0.05, 0) is 42.9 Å². The molecule has 312 valence electrons. The molecule has 1 N–H and O–H groups in total. The Balaban J connectivity index is 0.00000121. The van der Waals surface area contributed by atoms with Crippen molar-refractivity contribution >= 4 is 50.5 Å². The molecule has 0 amide bonds. The van der Waals surface area contributed by atoms with E-state index in [4.69, 9.17) is 1.41 Å².